The van der Waals surface area contributed by atoms with E-state index in [0.717, 1.165) is 38.2 Å². The highest BCUT2D eigenvalue weighted by atomic mass is 19.1. The monoisotopic (exact) mass is 344 g/mol. The molecule has 1 aromatic carbocycles. The number of aromatic nitrogens is 2. The summed E-state index contributed by atoms with van der Waals surface area (Å²) in [5.41, 5.74) is 1.25. The molecule has 1 aromatic heterocycles. The van der Waals surface area contributed by atoms with E-state index >= 15 is 0 Å². The molecular weight excluding hydrogens is 323 g/mol. The maximum absolute atomic E-state index is 13.6. The molecule has 2 aliphatic heterocycles. The van der Waals surface area contributed by atoms with E-state index in [4.69, 9.17) is 4.74 Å². The SMILES string of the molecule is O=C1COC2(CCCN(Cc3cnc[nH]3)C2)CN1c1cccc(F)c1. The molecule has 4 rings (SSSR count). The Bertz CT molecular complexity index is 751. The Kier molecular flexibility index (Phi) is 4.27. The number of H-pyrrole nitrogens is 1. The number of imidazole rings is 1. The van der Waals surface area contributed by atoms with Gasteiger partial charge in [0.2, 0.25) is 0 Å². The summed E-state index contributed by atoms with van der Waals surface area (Å²) >= 11 is 0. The Morgan fingerprint density at radius 2 is 2.28 bits per heavy atom. The molecule has 3 heterocycles. The number of carbonyl (C=O) groups excluding carboxylic acids is 1. The lowest BCUT2D eigenvalue weighted by atomic mass is 9.90. The molecule has 7 heteroatoms. The number of carbonyl (C=O) groups is 1. The largest absolute Gasteiger partial charge is 0.362 e. The molecule has 6 nitrogen and oxygen atoms in total. The fraction of sp³-hybridized carbons (Fsp3) is 0.444. The second-order valence-electron chi connectivity index (χ2n) is 6.82. The number of piperidine rings is 1. The lowest BCUT2D eigenvalue weighted by Gasteiger charge is -2.47. The average Bonchev–Trinajstić information content (AvgIpc) is 3.11. The van der Waals surface area contributed by atoms with Crippen LogP contribution in [0.15, 0.2) is 36.8 Å². The van der Waals surface area contributed by atoms with Gasteiger partial charge in [0.1, 0.15) is 12.4 Å². The van der Waals surface area contributed by atoms with Crippen molar-refractivity contribution < 1.29 is 13.9 Å². The van der Waals surface area contributed by atoms with Gasteiger partial charge in [0, 0.05) is 30.7 Å². The molecule has 2 saturated heterocycles. The summed E-state index contributed by atoms with van der Waals surface area (Å²) in [6.45, 7) is 2.99. The van der Waals surface area contributed by atoms with Crippen LogP contribution in [-0.4, -0.2) is 52.6 Å². The van der Waals surface area contributed by atoms with Crippen LogP contribution in [0, 0.1) is 5.82 Å². The number of benzene rings is 1. The Morgan fingerprint density at radius 1 is 1.36 bits per heavy atom. The molecule has 25 heavy (non-hydrogen) atoms. The van der Waals surface area contributed by atoms with Crippen LogP contribution in [0.25, 0.3) is 0 Å². The second-order valence-corrected chi connectivity index (χ2v) is 6.82. The predicted octanol–water partition coefficient (Wildman–Crippen LogP) is 1.95. The number of anilines is 1. The van der Waals surface area contributed by atoms with E-state index in [0.29, 0.717) is 12.2 Å². The highest BCUT2D eigenvalue weighted by molar-refractivity contribution is 5.95. The van der Waals surface area contributed by atoms with Crippen molar-refractivity contribution in [1.82, 2.24) is 14.9 Å². The first-order chi connectivity index (χ1) is 12.1. The summed E-state index contributed by atoms with van der Waals surface area (Å²) in [4.78, 5) is 23.5. The van der Waals surface area contributed by atoms with Gasteiger partial charge >= 0.3 is 0 Å². The van der Waals surface area contributed by atoms with Crippen molar-refractivity contribution in [3.05, 3.63) is 48.3 Å². The Labute approximate surface area is 145 Å². The van der Waals surface area contributed by atoms with Gasteiger partial charge in [-0.25, -0.2) is 9.37 Å². The van der Waals surface area contributed by atoms with Crippen LogP contribution in [0.4, 0.5) is 10.1 Å². The molecule has 0 aliphatic carbocycles. The maximum Gasteiger partial charge on any atom is 0.253 e. The van der Waals surface area contributed by atoms with E-state index in [1.54, 1.807) is 23.4 Å². The third-order valence-electron chi connectivity index (χ3n) is 4.94. The van der Waals surface area contributed by atoms with Gasteiger partial charge < -0.3 is 14.6 Å². The van der Waals surface area contributed by atoms with E-state index in [1.807, 2.05) is 6.20 Å². The minimum Gasteiger partial charge on any atom is -0.362 e. The summed E-state index contributed by atoms with van der Waals surface area (Å²) in [7, 11) is 0. The first-order valence-corrected chi connectivity index (χ1v) is 8.53. The molecular formula is C18H21FN4O2. The maximum atomic E-state index is 13.6. The standard InChI is InChI=1S/C18H21FN4O2/c19-14-3-1-4-16(7-14)23-12-18(25-10-17(23)24)5-2-6-22(11-18)9-15-8-20-13-21-15/h1,3-4,7-8,13H,2,5-6,9-12H2,(H,20,21). The van der Waals surface area contributed by atoms with Gasteiger partial charge in [-0.3, -0.25) is 9.69 Å². The Morgan fingerprint density at radius 3 is 3.08 bits per heavy atom. The minimum absolute atomic E-state index is 0.0361. The topological polar surface area (TPSA) is 61.5 Å². The van der Waals surface area contributed by atoms with Crippen molar-refractivity contribution in [2.75, 3.05) is 31.1 Å². The zero-order chi connectivity index (χ0) is 17.3. The predicted molar refractivity (Wildman–Crippen MR) is 90.5 cm³/mol. The summed E-state index contributed by atoms with van der Waals surface area (Å²) in [6.07, 6.45) is 5.40. The Balaban J connectivity index is 1.51. The van der Waals surface area contributed by atoms with Gasteiger partial charge in [0.05, 0.1) is 18.5 Å². The van der Waals surface area contributed by atoms with Gasteiger partial charge in [-0.15, -0.1) is 0 Å². The second kappa shape index (κ2) is 6.57. The van der Waals surface area contributed by atoms with E-state index in [1.165, 1.54) is 12.1 Å². The van der Waals surface area contributed by atoms with Crippen LogP contribution in [0.3, 0.4) is 0 Å². The number of amides is 1. The van der Waals surface area contributed by atoms with Crippen LogP contribution < -0.4 is 4.90 Å². The van der Waals surface area contributed by atoms with Gasteiger partial charge in [0.15, 0.2) is 0 Å². The molecule has 1 atom stereocenters. The molecule has 0 saturated carbocycles. The number of hydrogen-bond donors (Lipinski definition) is 1. The molecule has 1 N–H and O–H groups in total. The van der Waals surface area contributed by atoms with Crippen molar-refractivity contribution in [2.24, 2.45) is 0 Å². The molecule has 132 valence electrons. The fourth-order valence-electron chi connectivity index (χ4n) is 3.78. The number of hydrogen-bond acceptors (Lipinski definition) is 4. The lowest BCUT2D eigenvalue weighted by Crippen LogP contribution is -2.61. The number of likely N-dealkylation sites (tertiary alicyclic amines) is 1. The molecule has 2 aromatic rings. The summed E-state index contributed by atoms with van der Waals surface area (Å²) in [5.74, 6) is -0.461. The smallest absolute Gasteiger partial charge is 0.253 e. The normalized spacial score (nSPS) is 24.8. The number of ether oxygens (including phenoxy) is 1. The van der Waals surface area contributed by atoms with Crippen LogP contribution in [0.1, 0.15) is 18.5 Å². The van der Waals surface area contributed by atoms with Gasteiger partial charge in [-0.05, 0) is 37.6 Å². The zero-order valence-electron chi connectivity index (χ0n) is 13.9. The summed E-state index contributed by atoms with van der Waals surface area (Å²) < 4.78 is 19.6. The van der Waals surface area contributed by atoms with Crippen molar-refractivity contribution in [3.8, 4) is 0 Å². The number of halogens is 1. The first-order valence-electron chi connectivity index (χ1n) is 8.53. The van der Waals surface area contributed by atoms with E-state index in [2.05, 4.69) is 14.9 Å². The number of aromatic amines is 1. The van der Waals surface area contributed by atoms with Crippen LogP contribution in [0.5, 0.6) is 0 Å². The molecule has 1 amide bonds. The quantitative estimate of drug-likeness (QED) is 0.924. The molecule has 2 fully saturated rings. The third-order valence-corrected chi connectivity index (χ3v) is 4.94. The molecule has 1 spiro atoms. The lowest BCUT2D eigenvalue weighted by molar-refractivity contribution is -0.146. The molecule has 1 unspecified atom stereocenters. The van der Waals surface area contributed by atoms with Crippen molar-refractivity contribution in [3.63, 3.8) is 0 Å². The van der Waals surface area contributed by atoms with E-state index in [9.17, 15) is 9.18 Å². The van der Waals surface area contributed by atoms with Gasteiger partial charge in [0.25, 0.3) is 5.91 Å². The number of rotatable bonds is 3. The van der Waals surface area contributed by atoms with Gasteiger partial charge in [-0.2, -0.15) is 0 Å². The number of nitrogens with one attached hydrogen (secondary N) is 1. The minimum atomic E-state index is -0.404. The first kappa shape index (κ1) is 16.2. The van der Waals surface area contributed by atoms with Crippen LogP contribution >= 0.6 is 0 Å². The number of morpholine rings is 1. The Hall–Kier alpha value is -2.25. The van der Waals surface area contributed by atoms with Gasteiger partial charge in [-0.1, -0.05) is 6.07 Å². The van der Waals surface area contributed by atoms with Crippen LogP contribution in [-0.2, 0) is 16.1 Å². The van der Waals surface area contributed by atoms with Crippen molar-refractivity contribution in [2.45, 2.75) is 25.0 Å². The molecule has 0 bridgehead atoms. The zero-order valence-corrected chi connectivity index (χ0v) is 13.9. The number of nitrogens with zero attached hydrogens (tertiary/aromatic N) is 3. The highest BCUT2D eigenvalue weighted by Crippen LogP contribution is 2.32. The molecule has 2 aliphatic rings. The summed E-state index contributed by atoms with van der Waals surface area (Å²) in [6, 6.07) is 6.19. The molecule has 0 radical (unpaired) electrons. The third kappa shape index (κ3) is 3.43. The van der Waals surface area contributed by atoms with Crippen molar-refractivity contribution >= 4 is 11.6 Å². The van der Waals surface area contributed by atoms with E-state index in [-0.39, 0.29) is 18.3 Å². The highest BCUT2D eigenvalue weighted by Gasteiger charge is 2.43. The average molecular weight is 344 g/mol. The van der Waals surface area contributed by atoms with Crippen molar-refractivity contribution in [1.29, 1.82) is 0 Å². The fourth-order valence-corrected chi connectivity index (χ4v) is 3.78. The summed E-state index contributed by atoms with van der Waals surface area (Å²) in [5, 5.41) is 0. The van der Waals surface area contributed by atoms with E-state index < -0.39 is 5.60 Å². The van der Waals surface area contributed by atoms with Crippen LogP contribution in [0.2, 0.25) is 0 Å².